The smallest absolute Gasteiger partial charge is 0.168 e. The van der Waals surface area contributed by atoms with Crippen LogP contribution in [0.1, 0.15) is 92.2 Å². The van der Waals surface area contributed by atoms with Crippen molar-refractivity contribution in [1.29, 1.82) is 0 Å². The fourth-order valence-corrected chi connectivity index (χ4v) is 5.06. The lowest BCUT2D eigenvalue weighted by atomic mass is 9.86. The Balaban J connectivity index is 1.73. The van der Waals surface area contributed by atoms with Crippen molar-refractivity contribution in [2.45, 2.75) is 91.9 Å². The monoisotopic (exact) mass is 565 g/mol. The van der Waals surface area contributed by atoms with Gasteiger partial charge in [-0.25, -0.2) is 15.0 Å². The minimum Gasteiger partial charge on any atom is -0.504 e. The number of hydrogen-bond donors (Lipinski definition) is 1. The van der Waals surface area contributed by atoms with Crippen molar-refractivity contribution in [3.63, 3.8) is 0 Å². The van der Waals surface area contributed by atoms with Gasteiger partial charge in [0.05, 0.1) is 12.2 Å². The molecule has 0 atom stereocenters. The highest BCUT2D eigenvalue weighted by atomic mass is 16.5. The minimum absolute atomic E-state index is 0.0446. The van der Waals surface area contributed by atoms with Crippen molar-refractivity contribution in [3.8, 4) is 45.7 Å². The molecule has 0 aliphatic carbocycles. The zero-order chi connectivity index (χ0) is 30.5. The Morgan fingerprint density at radius 3 is 1.60 bits per heavy atom. The van der Waals surface area contributed by atoms with Crippen LogP contribution in [0, 0.1) is 5.92 Å². The van der Waals surface area contributed by atoms with Gasteiger partial charge in [-0.05, 0) is 52.8 Å². The van der Waals surface area contributed by atoms with E-state index in [1.165, 1.54) is 24.0 Å². The van der Waals surface area contributed by atoms with E-state index < -0.39 is 0 Å². The number of phenolic OH excluding ortho intramolecular Hbond substituents is 1. The van der Waals surface area contributed by atoms with Gasteiger partial charge in [-0.3, -0.25) is 0 Å². The summed E-state index contributed by atoms with van der Waals surface area (Å²) in [5.74, 6) is 2.75. The first-order chi connectivity index (χ1) is 19.9. The molecule has 5 heteroatoms. The second kappa shape index (κ2) is 13.1. The molecule has 0 aliphatic heterocycles. The molecule has 0 unspecified atom stereocenters. The van der Waals surface area contributed by atoms with E-state index in [4.69, 9.17) is 19.7 Å². The maximum absolute atomic E-state index is 11.3. The van der Waals surface area contributed by atoms with Gasteiger partial charge in [0.25, 0.3) is 0 Å². The van der Waals surface area contributed by atoms with Crippen molar-refractivity contribution in [3.05, 3.63) is 77.9 Å². The van der Waals surface area contributed by atoms with E-state index in [-0.39, 0.29) is 16.6 Å². The van der Waals surface area contributed by atoms with E-state index in [1.54, 1.807) is 6.07 Å². The molecule has 3 aromatic carbocycles. The van der Waals surface area contributed by atoms with Crippen LogP contribution in [0.4, 0.5) is 0 Å². The van der Waals surface area contributed by atoms with Crippen LogP contribution >= 0.6 is 0 Å². The van der Waals surface area contributed by atoms with Gasteiger partial charge in [0.1, 0.15) is 0 Å². The summed E-state index contributed by atoms with van der Waals surface area (Å²) < 4.78 is 6.04. The zero-order valence-electron chi connectivity index (χ0n) is 26.7. The summed E-state index contributed by atoms with van der Waals surface area (Å²) in [6.45, 7) is 18.2. The van der Waals surface area contributed by atoms with Crippen molar-refractivity contribution in [1.82, 2.24) is 15.0 Å². The van der Waals surface area contributed by atoms with Crippen LogP contribution in [0.5, 0.6) is 11.5 Å². The summed E-state index contributed by atoms with van der Waals surface area (Å²) in [6, 6.07) is 22.3. The van der Waals surface area contributed by atoms with Crippen molar-refractivity contribution < 1.29 is 9.84 Å². The number of hydrogen-bond acceptors (Lipinski definition) is 5. The third-order valence-corrected chi connectivity index (χ3v) is 8.06. The molecule has 0 bridgehead atoms. The molecule has 42 heavy (non-hydrogen) atoms. The second-order valence-corrected chi connectivity index (χ2v) is 13.3. The highest BCUT2D eigenvalue weighted by Crippen LogP contribution is 2.37. The molecule has 1 aromatic heterocycles. The lowest BCUT2D eigenvalue weighted by molar-refractivity contribution is 0.276. The molecule has 4 aromatic rings. The topological polar surface area (TPSA) is 68.1 Å². The van der Waals surface area contributed by atoms with E-state index in [9.17, 15) is 5.11 Å². The summed E-state index contributed by atoms with van der Waals surface area (Å²) in [5, 5.41) is 11.3. The highest BCUT2D eigenvalue weighted by Gasteiger charge is 2.19. The lowest BCUT2D eigenvalue weighted by Gasteiger charge is -2.19. The Kier molecular flexibility index (Phi) is 9.71. The molecule has 1 heterocycles. The molecular formula is C37H47N3O2. The fraction of sp³-hybridized carbons (Fsp3) is 0.432. The second-order valence-electron chi connectivity index (χ2n) is 13.3. The number of nitrogens with zero attached hydrogens (tertiary/aromatic N) is 3. The van der Waals surface area contributed by atoms with Crippen LogP contribution < -0.4 is 4.74 Å². The maximum Gasteiger partial charge on any atom is 0.168 e. The van der Waals surface area contributed by atoms with Gasteiger partial charge in [-0.2, -0.15) is 0 Å². The first kappa shape index (κ1) is 31.2. The molecule has 0 saturated heterocycles. The normalized spacial score (nSPS) is 12.1. The molecule has 0 amide bonds. The number of benzene rings is 3. The maximum atomic E-state index is 11.3. The largest absolute Gasteiger partial charge is 0.504 e. The Morgan fingerprint density at radius 1 is 0.667 bits per heavy atom. The molecule has 222 valence electrons. The van der Waals surface area contributed by atoms with Crippen LogP contribution in [0.3, 0.4) is 0 Å². The predicted octanol–water partition coefficient (Wildman–Crippen LogP) is 9.77. The molecule has 0 spiro atoms. The number of aromatic hydroxyl groups is 1. The van der Waals surface area contributed by atoms with Crippen LogP contribution in [0.25, 0.3) is 34.2 Å². The quantitative estimate of drug-likeness (QED) is 0.194. The molecule has 5 nitrogen and oxygen atoms in total. The van der Waals surface area contributed by atoms with Crippen LogP contribution in [-0.4, -0.2) is 26.7 Å². The van der Waals surface area contributed by atoms with E-state index in [0.29, 0.717) is 41.3 Å². The van der Waals surface area contributed by atoms with Gasteiger partial charge in [-0.15, -0.1) is 0 Å². The van der Waals surface area contributed by atoms with Crippen LogP contribution in [-0.2, 0) is 10.8 Å². The van der Waals surface area contributed by atoms with Crippen LogP contribution in [0.2, 0.25) is 0 Å². The van der Waals surface area contributed by atoms with Crippen molar-refractivity contribution in [2.24, 2.45) is 5.92 Å². The van der Waals surface area contributed by atoms with Gasteiger partial charge in [0, 0.05) is 11.1 Å². The standard InChI is InChI=1S/C37H47N3O2/c1-9-25(10-2)13-12-24-42-31-15-11-14-30(32(31)41)35-39-33(26-16-20-28(21-17-26)36(3,4)5)38-34(40-35)27-18-22-29(23-19-27)37(6,7)8/h11,14-23,25,41H,9-10,12-13,24H2,1-8H3. The SMILES string of the molecule is CCC(CC)CCCOc1cccc(-c2nc(-c3ccc(C(C)(C)C)cc3)nc(-c3ccc(C(C)(C)C)cc3)n2)c1O. The molecule has 1 N–H and O–H groups in total. The first-order valence-electron chi connectivity index (χ1n) is 15.3. The molecule has 0 saturated carbocycles. The van der Waals surface area contributed by atoms with Gasteiger partial charge < -0.3 is 9.84 Å². The number of aromatic nitrogens is 3. The average Bonchev–Trinajstić information content (AvgIpc) is 2.97. The Bertz CT molecular complexity index is 1380. The summed E-state index contributed by atoms with van der Waals surface area (Å²) >= 11 is 0. The Morgan fingerprint density at radius 2 is 1.14 bits per heavy atom. The highest BCUT2D eigenvalue weighted by molar-refractivity contribution is 5.72. The van der Waals surface area contributed by atoms with E-state index in [0.717, 1.165) is 24.0 Å². The lowest BCUT2D eigenvalue weighted by Crippen LogP contribution is -2.11. The third-order valence-electron chi connectivity index (χ3n) is 8.06. The summed E-state index contributed by atoms with van der Waals surface area (Å²) in [7, 11) is 0. The summed E-state index contributed by atoms with van der Waals surface area (Å²) in [4.78, 5) is 14.6. The number of para-hydroxylation sites is 1. The molecule has 0 aliphatic rings. The van der Waals surface area contributed by atoms with Crippen LogP contribution in [0.15, 0.2) is 66.7 Å². The first-order valence-corrected chi connectivity index (χ1v) is 15.3. The summed E-state index contributed by atoms with van der Waals surface area (Å²) in [6.07, 6.45) is 4.43. The fourth-order valence-electron chi connectivity index (χ4n) is 5.06. The molecule has 0 fully saturated rings. The van der Waals surface area contributed by atoms with E-state index in [2.05, 4.69) is 104 Å². The van der Waals surface area contributed by atoms with Gasteiger partial charge >= 0.3 is 0 Å². The number of ether oxygens (including phenoxy) is 1. The van der Waals surface area contributed by atoms with Gasteiger partial charge in [-0.1, -0.05) is 123 Å². The molecule has 0 radical (unpaired) electrons. The van der Waals surface area contributed by atoms with Crippen molar-refractivity contribution in [2.75, 3.05) is 6.61 Å². The zero-order valence-corrected chi connectivity index (χ0v) is 26.7. The predicted molar refractivity (Wildman–Crippen MR) is 174 cm³/mol. The Hall–Kier alpha value is -3.73. The van der Waals surface area contributed by atoms with Gasteiger partial charge in [0.15, 0.2) is 29.0 Å². The number of phenols is 1. The number of rotatable bonds is 10. The molecule has 4 rings (SSSR count). The van der Waals surface area contributed by atoms with E-state index in [1.807, 2.05) is 12.1 Å². The minimum atomic E-state index is 0.0446. The third kappa shape index (κ3) is 7.56. The van der Waals surface area contributed by atoms with E-state index >= 15 is 0 Å². The Labute approximate surface area is 252 Å². The van der Waals surface area contributed by atoms with Crippen molar-refractivity contribution >= 4 is 0 Å². The summed E-state index contributed by atoms with van der Waals surface area (Å²) in [5.41, 5.74) is 4.89. The van der Waals surface area contributed by atoms with Gasteiger partial charge in [0.2, 0.25) is 0 Å². The molecular weight excluding hydrogens is 518 g/mol. The average molecular weight is 566 g/mol.